The summed E-state index contributed by atoms with van der Waals surface area (Å²) < 4.78 is 37.3. The average Bonchev–Trinajstić information content (AvgIpc) is 3.20. The minimum atomic E-state index is -4.23. The predicted molar refractivity (Wildman–Crippen MR) is 74.8 cm³/mol. The van der Waals surface area contributed by atoms with E-state index in [-0.39, 0.29) is 24.9 Å². The molecular formula is C14H18F3N3O. The van der Waals surface area contributed by atoms with Crippen molar-refractivity contribution in [3.63, 3.8) is 0 Å². The quantitative estimate of drug-likeness (QED) is 0.794. The van der Waals surface area contributed by atoms with Crippen LogP contribution in [0, 0.1) is 0 Å². The van der Waals surface area contributed by atoms with Crippen molar-refractivity contribution < 1.29 is 18.0 Å². The van der Waals surface area contributed by atoms with Crippen molar-refractivity contribution in [1.82, 2.24) is 4.90 Å². The average molecular weight is 301 g/mol. The van der Waals surface area contributed by atoms with Crippen LogP contribution in [0.2, 0.25) is 0 Å². The first-order valence-electron chi connectivity index (χ1n) is 6.80. The lowest BCUT2D eigenvalue weighted by molar-refractivity contribution is -0.148. The van der Waals surface area contributed by atoms with Gasteiger partial charge in [0.2, 0.25) is 5.91 Å². The third kappa shape index (κ3) is 5.63. The van der Waals surface area contributed by atoms with Crippen LogP contribution < -0.4 is 11.1 Å². The standard InChI is InChI=1S/C14H18F3N3O/c15-14(16,17)9-20(12-5-6-12)8-7-13(21)19-11-3-1-10(18)2-4-11/h1-4,12H,5-9,18H2,(H,19,21). The molecule has 1 aromatic rings. The molecule has 3 N–H and O–H groups in total. The van der Waals surface area contributed by atoms with Gasteiger partial charge in [0.15, 0.2) is 0 Å². The molecule has 1 amide bonds. The monoisotopic (exact) mass is 301 g/mol. The first kappa shape index (κ1) is 15.6. The number of rotatable bonds is 6. The minimum absolute atomic E-state index is 0.0315. The molecule has 0 spiro atoms. The highest BCUT2D eigenvalue weighted by atomic mass is 19.4. The van der Waals surface area contributed by atoms with Gasteiger partial charge >= 0.3 is 6.18 Å². The number of anilines is 2. The maximum absolute atomic E-state index is 12.4. The molecule has 116 valence electrons. The molecule has 0 aliphatic heterocycles. The molecule has 0 radical (unpaired) electrons. The summed E-state index contributed by atoms with van der Waals surface area (Å²) in [5.41, 5.74) is 6.70. The third-order valence-electron chi connectivity index (χ3n) is 3.27. The number of alkyl halides is 3. The third-order valence-corrected chi connectivity index (χ3v) is 3.27. The van der Waals surface area contributed by atoms with Gasteiger partial charge in [0.05, 0.1) is 6.54 Å². The molecular weight excluding hydrogens is 283 g/mol. The first-order valence-corrected chi connectivity index (χ1v) is 6.80. The van der Waals surface area contributed by atoms with Gasteiger partial charge in [-0.05, 0) is 37.1 Å². The Morgan fingerprint density at radius 3 is 2.43 bits per heavy atom. The lowest BCUT2D eigenvalue weighted by Gasteiger charge is -2.22. The Hall–Kier alpha value is -1.76. The Labute approximate surface area is 121 Å². The molecule has 1 saturated carbocycles. The van der Waals surface area contributed by atoms with Crippen LogP contribution in [-0.4, -0.2) is 36.1 Å². The van der Waals surface area contributed by atoms with E-state index >= 15 is 0 Å². The normalized spacial score (nSPS) is 15.2. The van der Waals surface area contributed by atoms with Gasteiger partial charge in [-0.3, -0.25) is 9.69 Å². The van der Waals surface area contributed by atoms with E-state index in [1.807, 2.05) is 0 Å². The lowest BCUT2D eigenvalue weighted by Crippen LogP contribution is -2.37. The number of nitrogen functional groups attached to an aromatic ring is 1. The molecule has 21 heavy (non-hydrogen) atoms. The Morgan fingerprint density at radius 1 is 1.29 bits per heavy atom. The van der Waals surface area contributed by atoms with Crippen molar-refractivity contribution in [2.75, 3.05) is 24.1 Å². The number of carbonyl (C=O) groups is 1. The number of hydrogen-bond acceptors (Lipinski definition) is 3. The van der Waals surface area contributed by atoms with Crippen LogP contribution in [0.15, 0.2) is 24.3 Å². The van der Waals surface area contributed by atoms with Gasteiger partial charge in [-0.25, -0.2) is 0 Å². The number of carbonyl (C=O) groups excluding carboxylic acids is 1. The molecule has 0 bridgehead atoms. The highest BCUT2D eigenvalue weighted by Gasteiger charge is 2.37. The molecule has 0 unspecified atom stereocenters. The van der Waals surface area contributed by atoms with E-state index in [1.54, 1.807) is 24.3 Å². The highest BCUT2D eigenvalue weighted by molar-refractivity contribution is 5.90. The molecule has 0 atom stereocenters. The van der Waals surface area contributed by atoms with Crippen LogP contribution in [0.25, 0.3) is 0 Å². The number of nitrogens with two attached hydrogens (primary N) is 1. The minimum Gasteiger partial charge on any atom is -0.399 e. The van der Waals surface area contributed by atoms with E-state index in [2.05, 4.69) is 5.32 Å². The van der Waals surface area contributed by atoms with Crippen LogP contribution in [0.4, 0.5) is 24.5 Å². The Morgan fingerprint density at radius 2 is 1.90 bits per heavy atom. The van der Waals surface area contributed by atoms with Crippen molar-refractivity contribution >= 4 is 17.3 Å². The fraction of sp³-hybridized carbons (Fsp3) is 0.500. The van der Waals surface area contributed by atoms with Crippen molar-refractivity contribution in [3.05, 3.63) is 24.3 Å². The number of benzene rings is 1. The summed E-state index contributed by atoms with van der Waals surface area (Å²) in [6.07, 6.45) is -2.64. The second kappa shape index (κ2) is 6.34. The molecule has 1 aromatic carbocycles. The van der Waals surface area contributed by atoms with E-state index in [1.165, 1.54) is 4.90 Å². The van der Waals surface area contributed by atoms with E-state index < -0.39 is 12.7 Å². The van der Waals surface area contributed by atoms with Gasteiger partial charge in [-0.1, -0.05) is 0 Å². The van der Waals surface area contributed by atoms with E-state index in [0.717, 1.165) is 12.8 Å². The fourth-order valence-corrected chi connectivity index (χ4v) is 2.10. The van der Waals surface area contributed by atoms with Crippen molar-refractivity contribution in [3.8, 4) is 0 Å². The molecule has 0 saturated heterocycles. The van der Waals surface area contributed by atoms with Gasteiger partial charge in [0.1, 0.15) is 0 Å². The summed E-state index contributed by atoms with van der Waals surface area (Å²) in [7, 11) is 0. The predicted octanol–water partition coefficient (Wildman–Crippen LogP) is 2.62. The Kier molecular flexibility index (Phi) is 4.72. The second-order valence-corrected chi connectivity index (χ2v) is 5.24. The zero-order chi connectivity index (χ0) is 15.5. The van der Waals surface area contributed by atoms with Crippen LogP contribution in [-0.2, 0) is 4.79 Å². The molecule has 0 aromatic heterocycles. The number of halogens is 3. The summed E-state index contributed by atoms with van der Waals surface area (Å²) in [5, 5.41) is 2.64. The molecule has 1 aliphatic rings. The number of nitrogens with zero attached hydrogens (tertiary/aromatic N) is 1. The van der Waals surface area contributed by atoms with E-state index in [9.17, 15) is 18.0 Å². The summed E-state index contributed by atoms with van der Waals surface area (Å²) in [5.74, 6) is -0.299. The summed E-state index contributed by atoms with van der Waals surface area (Å²) in [6.45, 7) is -0.836. The topological polar surface area (TPSA) is 58.4 Å². The zero-order valence-corrected chi connectivity index (χ0v) is 11.5. The van der Waals surface area contributed by atoms with E-state index in [4.69, 9.17) is 5.73 Å². The molecule has 1 fully saturated rings. The van der Waals surface area contributed by atoms with Crippen LogP contribution >= 0.6 is 0 Å². The number of nitrogens with one attached hydrogen (secondary N) is 1. The molecule has 2 rings (SSSR count). The van der Waals surface area contributed by atoms with E-state index in [0.29, 0.717) is 11.4 Å². The lowest BCUT2D eigenvalue weighted by atomic mass is 10.2. The van der Waals surface area contributed by atoms with Gasteiger partial charge < -0.3 is 11.1 Å². The van der Waals surface area contributed by atoms with Crippen molar-refractivity contribution in [2.24, 2.45) is 0 Å². The smallest absolute Gasteiger partial charge is 0.399 e. The van der Waals surface area contributed by atoms with Crippen molar-refractivity contribution in [1.29, 1.82) is 0 Å². The maximum atomic E-state index is 12.4. The van der Waals surface area contributed by atoms with Crippen LogP contribution in [0.1, 0.15) is 19.3 Å². The summed E-state index contributed by atoms with van der Waals surface area (Å²) in [4.78, 5) is 13.1. The molecule has 4 nitrogen and oxygen atoms in total. The van der Waals surface area contributed by atoms with Gasteiger partial charge in [0.25, 0.3) is 0 Å². The Bertz CT molecular complexity index is 483. The largest absolute Gasteiger partial charge is 0.401 e. The van der Waals surface area contributed by atoms with Gasteiger partial charge in [-0.2, -0.15) is 13.2 Å². The van der Waals surface area contributed by atoms with Crippen molar-refractivity contribution in [2.45, 2.75) is 31.5 Å². The molecule has 7 heteroatoms. The van der Waals surface area contributed by atoms with Gasteiger partial charge in [-0.15, -0.1) is 0 Å². The number of amides is 1. The maximum Gasteiger partial charge on any atom is 0.401 e. The van der Waals surface area contributed by atoms with Crippen LogP contribution in [0.3, 0.4) is 0 Å². The molecule has 1 aliphatic carbocycles. The molecule has 0 heterocycles. The highest BCUT2D eigenvalue weighted by Crippen LogP contribution is 2.30. The zero-order valence-electron chi connectivity index (χ0n) is 11.5. The first-order chi connectivity index (χ1) is 9.83. The summed E-state index contributed by atoms with van der Waals surface area (Å²) >= 11 is 0. The second-order valence-electron chi connectivity index (χ2n) is 5.24. The van der Waals surface area contributed by atoms with Crippen LogP contribution in [0.5, 0.6) is 0 Å². The fourth-order valence-electron chi connectivity index (χ4n) is 2.10. The number of hydrogen-bond donors (Lipinski definition) is 2. The summed E-state index contributed by atoms with van der Waals surface area (Å²) in [6, 6.07) is 6.57. The van der Waals surface area contributed by atoms with Gasteiger partial charge in [0, 0.05) is 30.4 Å². The SMILES string of the molecule is Nc1ccc(NC(=O)CCN(CC(F)(F)F)C2CC2)cc1. The Balaban J connectivity index is 1.80.